The average molecular weight is 221 g/mol. The Labute approximate surface area is 96.7 Å². The van der Waals surface area contributed by atoms with E-state index in [1.165, 1.54) is 0 Å². The van der Waals surface area contributed by atoms with E-state index in [2.05, 4.69) is 10.3 Å². The van der Waals surface area contributed by atoms with Crippen molar-refractivity contribution in [1.29, 1.82) is 0 Å². The molecule has 88 valence electrons. The van der Waals surface area contributed by atoms with Gasteiger partial charge in [-0.2, -0.15) is 0 Å². The summed E-state index contributed by atoms with van der Waals surface area (Å²) in [5, 5.41) is 3.10. The zero-order chi connectivity index (χ0) is 12.0. The second kappa shape index (κ2) is 6.23. The molecule has 1 rings (SSSR count). The van der Waals surface area contributed by atoms with Crippen LogP contribution in [0.15, 0.2) is 18.3 Å². The highest BCUT2D eigenvalue weighted by Gasteiger charge is 2.06. The molecule has 16 heavy (non-hydrogen) atoms. The van der Waals surface area contributed by atoms with Gasteiger partial charge in [0, 0.05) is 26.3 Å². The maximum absolute atomic E-state index is 11.5. The Morgan fingerprint density at radius 2 is 2.31 bits per heavy atom. The van der Waals surface area contributed by atoms with Gasteiger partial charge in [0.05, 0.1) is 12.2 Å². The van der Waals surface area contributed by atoms with Crippen LogP contribution in [0.3, 0.4) is 0 Å². The van der Waals surface area contributed by atoms with Gasteiger partial charge in [0.25, 0.3) is 0 Å². The number of amides is 1. The van der Waals surface area contributed by atoms with Crippen molar-refractivity contribution < 1.29 is 4.79 Å². The molecule has 0 saturated carbocycles. The van der Waals surface area contributed by atoms with Crippen LogP contribution >= 0.6 is 0 Å². The van der Waals surface area contributed by atoms with Crippen molar-refractivity contribution in [3.63, 3.8) is 0 Å². The van der Waals surface area contributed by atoms with E-state index < -0.39 is 0 Å². The number of hydrogen-bond donors (Lipinski definition) is 1. The zero-order valence-corrected chi connectivity index (χ0v) is 10.2. The number of nitrogens with one attached hydrogen (secondary N) is 1. The van der Waals surface area contributed by atoms with Crippen molar-refractivity contribution in [3.8, 4) is 0 Å². The highest BCUT2D eigenvalue weighted by Crippen LogP contribution is 2.01. The van der Waals surface area contributed by atoms with E-state index in [4.69, 9.17) is 0 Å². The summed E-state index contributed by atoms with van der Waals surface area (Å²) in [6.07, 6.45) is 1.77. The van der Waals surface area contributed by atoms with Gasteiger partial charge in [0.1, 0.15) is 0 Å². The van der Waals surface area contributed by atoms with Gasteiger partial charge in [-0.15, -0.1) is 0 Å². The summed E-state index contributed by atoms with van der Waals surface area (Å²) in [5.74, 6) is 0.107. The lowest BCUT2D eigenvalue weighted by molar-refractivity contribution is -0.128. The van der Waals surface area contributed by atoms with E-state index >= 15 is 0 Å². The molecule has 1 N–H and O–H groups in total. The van der Waals surface area contributed by atoms with E-state index in [1.807, 2.05) is 26.0 Å². The molecule has 4 nitrogen and oxygen atoms in total. The molecule has 0 radical (unpaired) electrons. The van der Waals surface area contributed by atoms with Gasteiger partial charge in [-0.1, -0.05) is 6.07 Å². The van der Waals surface area contributed by atoms with Gasteiger partial charge in [-0.25, -0.2) is 0 Å². The zero-order valence-electron chi connectivity index (χ0n) is 10.2. The summed E-state index contributed by atoms with van der Waals surface area (Å²) in [4.78, 5) is 17.4. The quantitative estimate of drug-likeness (QED) is 0.805. The van der Waals surface area contributed by atoms with Crippen LogP contribution in [-0.4, -0.2) is 35.9 Å². The SMILES string of the molecule is CCN(C)C(=O)CNCc1ncccc1C. The van der Waals surface area contributed by atoms with Crippen LogP contribution in [0.2, 0.25) is 0 Å². The van der Waals surface area contributed by atoms with Crippen LogP contribution in [0.1, 0.15) is 18.2 Å². The lowest BCUT2D eigenvalue weighted by atomic mass is 10.2. The maximum atomic E-state index is 11.5. The fraction of sp³-hybridized carbons (Fsp3) is 0.500. The number of aromatic nitrogens is 1. The third kappa shape index (κ3) is 3.62. The smallest absolute Gasteiger partial charge is 0.236 e. The van der Waals surface area contributed by atoms with Gasteiger partial charge in [-0.05, 0) is 25.5 Å². The molecule has 1 amide bonds. The Hall–Kier alpha value is -1.42. The number of aryl methyl sites for hydroxylation is 1. The van der Waals surface area contributed by atoms with E-state index in [-0.39, 0.29) is 5.91 Å². The summed E-state index contributed by atoms with van der Waals surface area (Å²) in [7, 11) is 1.80. The molecule has 1 heterocycles. The minimum absolute atomic E-state index is 0.107. The number of pyridine rings is 1. The van der Waals surface area contributed by atoms with Crippen molar-refractivity contribution in [2.75, 3.05) is 20.1 Å². The van der Waals surface area contributed by atoms with E-state index in [0.717, 1.165) is 17.8 Å². The molecule has 0 aromatic carbocycles. The monoisotopic (exact) mass is 221 g/mol. The van der Waals surface area contributed by atoms with Crippen LogP contribution in [0.5, 0.6) is 0 Å². The summed E-state index contributed by atoms with van der Waals surface area (Å²) in [6.45, 7) is 5.71. The van der Waals surface area contributed by atoms with E-state index in [0.29, 0.717) is 13.1 Å². The maximum Gasteiger partial charge on any atom is 0.236 e. The number of rotatable bonds is 5. The fourth-order valence-electron chi connectivity index (χ4n) is 1.30. The molecule has 0 saturated heterocycles. The third-order valence-electron chi connectivity index (χ3n) is 2.59. The Bertz CT molecular complexity index is 352. The van der Waals surface area contributed by atoms with Gasteiger partial charge in [-0.3, -0.25) is 9.78 Å². The van der Waals surface area contributed by atoms with Crippen molar-refractivity contribution in [2.45, 2.75) is 20.4 Å². The first-order chi connectivity index (χ1) is 7.65. The minimum atomic E-state index is 0.107. The van der Waals surface area contributed by atoms with Crippen LogP contribution < -0.4 is 5.32 Å². The Morgan fingerprint density at radius 1 is 1.56 bits per heavy atom. The molecule has 0 unspecified atom stereocenters. The molecule has 0 fully saturated rings. The summed E-state index contributed by atoms with van der Waals surface area (Å²) < 4.78 is 0. The molecule has 0 aliphatic carbocycles. The Kier molecular flexibility index (Phi) is 4.92. The second-order valence-electron chi connectivity index (χ2n) is 3.78. The number of likely N-dealkylation sites (N-methyl/N-ethyl adjacent to an activating group) is 1. The van der Waals surface area contributed by atoms with E-state index in [9.17, 15) is 4.79 Å². The van der Waals surface area contributed by atoms with Gasteiger partial charge in [0.2, 0.25) is 5.91 Å². The summed E-state index contributed by atoms with van der Waals surface area (Å²) in [6, 6.07) is 3.93. The van der Waals surface area contributed by atoms with Crippen molar-refractivity contribution in [2.24, 2.45) is 0 Å². The Balaban J connectivity index is 2.36. The molecular weight excluding hydrogens is 202 g/mol. The van der Waals surface area contributed by atoms with Gasteiger partial charge in [0.15, 0.2) is 0 Å². The summed E-state index contributed by atoms with van der Waals surface area (Å²) in [5.41, 5.74) is 2.14. The van der Waals surface area contributed by atoms with Crippen molar-refractivity contribution in [3.05, 3.63) is 29.6 Å². The topological polar surface area (TPSA) is 45.2 Å². The highest BCUT2D eigenvalue weighted by molar-refractivity contribution is 5.77. The van der Waals surface area contributed by atoms with Crippen LogP contribution in [0.25, 0.3) is 0 Å². The van der Waals surface area contributed by atoms with Gasteiger partial charge >= 0.3 is 0 Å². The van der Waals surface area contributed by atoms with Gasteiger partial charge < -0.3 is 10.2 Å². The standard InChI is InChI=1S/C12H19N3O/c1-4-15(3)12(16)9-13-8-11-10(2)6-5-7-14-11/h5-7,13H,4,8-9H2,1-3H3. The van der Waals surface area contributed by atoms with Crippen molar-refractivity contribution in [1.82, 2.24) is 15.2 Å². The lowest BCUT2D eigenvalue weighted by Gasteiger charge is -2.14. The van der Waals surface area contributed by atoms with Crippen LogP contribution in [-0.2, 0) is 11.3 Å². The molecule has 4 heteroatoms. The Morgan fingerprint density at radius 3 is 2.94 bits per heavy atom. The molecular formula is C12H19N3O. The molecule has 0 bridgehead atoms. The predicted octanol–water partition coefficient (Wildman–Crippen LogP) is 0.958. The van der Waals surface area contributed by atoms with E-state index in [1.54, 1.807) is 18.1 Å². The number of nitrogens with zero attached hydrogens (tertiary/aromatic N) is 2. The van der Waals surface area contributed by atoms with Crippen LogP contribution in [0.4, 0.5) is 0 Å². The molecule has 1 aromatic heterocycles. The highest BCUT2D eigenvalue weighted by atomic mass is 16.2. The lowest BCUT2D eigenvalue weighted by Crippen LogP contribution is -2.35. The molecule has 1 aromatic rings. The first-order valence-corrected chi connectivity index (χ1v) is 5.50. The molecule has 0 aliphatic rings. The summed E-state index contributed by atoms with van der Waals surface area (Å²) >= 11 is 0. The molecule has 0 atom stereocenters. The minimum Gasteiger partial charge on any atom is -0.345 e. The number of carbonyl (C=O) groups is 1. The first kappa shape index (κ1) is 12.6. The normalized spacial score (nSPS) is 10.2. The average Bonchev–Trinajstić information content (AvgIpc) is 2.30. The predicted molar refractivity (Wildman–Crippen MR) is 64.0 cm³/mol. The number of carbonyl (C=O) groups excluding carboxylic acids is 1. The van der Waals surface area contributed by atoms with Crippen molar-refractivity contribution >= 4 is 5.91 Å². The van der Waals surface area contributed by atoms with Crippen LogP contribution in [0, 0.1) is 6.92 Å². The second-order valence-corrected chi connectivity index (χ2v) is 3.78. The number of hydrogen-bond acceptors (Lipinski definition) is 3. The fourth-order valence-corrected chi connectivity index (χ4v) is 1.30. The largest absolute Gasteiger partial charge is 0.345 e. The third-order valence-corrected chi connectivity index (χ3v) is 2.59. The first-order valence-electron chi connectivity index (χ1n) is 5.50. The molecule has 0 aliphatic heterocycles. The molecule has 0 spiro atoms.